The molecule has 0 spiro atoms. The zero-order valence-corrected chi connectivity index (χ0v) is 20.5. The quantitative estimate of drug-likeness (QED) is 0.420. The molecule has 0 radical (unpaired) electrons. The van der Waals surface area contributed by atoms with Crippen LogP contribution < -0.4 is 11.1 Å². The van der Waals surface area contributed by atoms with Crippen molar-refractivity contribution >= 4 is 39.4 Å². The number of nitrogens with zero attached hydrogens (tertiary/aromatic N) is 2. The molecule has 192 valence electrons. The van der Waals surface area contributed by atoms with E-state index >= 15 is 0 Å². The molecule has 0 aromatic heterocycles. The second-order valence-corrected chi connectivity index (χ2v) is 10.3. The van der Waals surface area contributed by atoms with Crippen molar-refractivity contribution in [2.24, 2.45) is 5.73 Å². The first-order valence-electron chi connectivity index (χ1n) is 11.3. The van der Waals surface area contributed by atoms with Crippen LogP contribution in [0.4, 0.5) is 5.69 Å². The van der Waals surface area contributed by atoms with Gasteiger partial charge in [-0.2, -0.15) is 4.31 Å². The van der Waals surface area contributed by atoms with Crippen molar-refractivity contribution in [3.8, 4) is 0 Å². The Morgan fingerprint density at radius 1 is 1.08 bits per heavy atom. The highest BCUT2D eigenvalue weighted by molar-refractivity contribution is 7.89. The number of amides is 3. The fourth-order valence-corrected chi connectivity index (χ4v) is 5.72. The van der Waals surface area contributed by atoms with Crippen molar-refractivity contribution in [3.05, 3.63) is 60.2 Å². The number of benzene rings is 2. The van der Waals surface area contributed by atoms with E-state index in [0.717, 1.165) is 9.21 Å². The molecule has 1 aliphatic rings. The summed E-state index contributed by atoms with van der Waals surface area (Å²) >= 11 is 0. The van der Waals surface area contributed by atoms with Crippen LogP contribution in [-0.4, -0.2) is 71.6 Å². The molecular weight excluding hydrogens is 488 g/mol. The van der Waals surface area contributed by atoms with Gasteiger partial charge in [-0.05, 0) is 42.7 Å². The first kappa shape index (κ1) is 26.8. The molecule has 1 aliphatic heterocycles. The van der Waals surface area contributed by atoms with Crippen LogP contribution in [0.5, 0.6) is 0 Å². The summed E-state index contributed by atoms with van der Waals surface area (Å²) in [5, 5.41) is 12.3. The number of carbonyl (C=O) groups excluding carboxylic acids is 3. The van der Waals surface area contributed by atoms with Crippen LogP contribution >= 0.6 is 0 Å². The lowest BCUT2D eigenvalue weighted by Crippen LogP contribution is -2.62. The molecule has 0 bridgehead atoms. The molecule has 0 aliphatic carbocycles. The van der Waals surface area contributed by atoms with E-state index in [4.69, 9.17) is 5.73 Å². The average Bonchev–Trinajstić information content (AvgIpc) is 2.81. The van der Waals surface area contributed by atoms with Crippen LogP contribution in [0.3, 0.4) is 0 Å². The molecule has 36 heavy (non-hydrogen) atoms. The van der Waals surface area contributed by atoms with Crippen LogP contribution in [0.25, 0.3) is 0 Å². The van der Waals surface area contributed by atoms with Gasteiger partial charge in [0.25, 0.3) is 0 Å². The number of anilines is 1. The van der Waals surface area contributed by atoms with Gasteiger partial charge >= 0.3 is 5.97 Å². The molecule has 2 aromatic rings. The molecule has 11 nitrogen and oxygen atoms in total. The molecule has 2 atom stereocenters. The molecule has 12 heteroatoms. The van der Waals surface area contributed by atoms with E-state index in [2.05, 4.69) is 5.32 Å². The summed E-state index contributed by atoms with van der Waals surface area (Å²) in [7, 11) is -4.15. The molecule has 4 N–H and O–H groups in total. The van der Waals surface area contributed by atoms with Crippen molar-refractivity contribution in [2.45, 2.75) is 43.2 Å². The molecule has 1 fully saturated rings. The average molecular weight is 517 g/mol. The smallest absolute Gasteiger partial charge is 0.326 e. The number of nitrogens with two attached hydrogens (primary N) is 1. The summed E-state index contributed by atoms with van der Waals surface area (Å²) in [6, 6.07) is 11.9. The Hall–Kier alpha value is -3.77. The second kappa shape index (κ2) is 11.3. The van der Waals surface area contributed by atoms with Crippen LogP contribution in [0.15, 0.2) is 59.5 Å². The molecule has 2 aromatic carbocycles. The van der Waals surface area contributed by atoms with E-state index in [1.165, 1.54) is 31.2 Å². The number of rotatable bonds is 10. The van der Waals surface area contributed by atoms with Gasteiger partial charge in [0.2, 0.25) is 27.7 Å². The number of sulfonamides is 1. The lowest BCUT2D eigenvalue weighted by atomic mass is 10.0. The summed E-state index contributed by atoms with van der Waals surface area (Å²) in [6.07, 6.45) is -0.375. The van der Waals surface area contributed by atoms with Crippen molar-refractivity contribution in [1.82, 2.24) is 9.21 Å². The highest BCUT2D eigenvalue weighted by Gasteiger charge is 2.45. The van der Waals surface area contributed by atoms with Crippen LogP contribution in [0.2, 0.25) is 0 Å². The number of carboxylic acids is 1. The van der Waals surface area contributed by atoms with Gasteiger partial charge in [0.1, 0.15) is 12.1 Å². The number of carbonyl (C=O) groups is 4. The van der Waals surface area contributed by atoms with Crippen molar-refractivity contribution in [2.75, 3.05) is 18.4 Å². The standard InChI is InChI=1S/C24H28N4O7S/c1-16(29)26-18-7-9-19(10-8-18)36(34,35)28-14-13-27(20(24(32)33)11-12-22(25)30)23(31)21(28)15-17-5-3-2-4-6-17/h2-10,20-21H,11-15H2,1H3,(H2,25,30)(H,26,29)(H,32,33)/t20-,21-/m0/s1. The van der Waals surface area contributed by atoms with Gasteiger partial charge in [0.15, 0.2) is 0 Å². The van der Waals surface area contributed by atoms with E-state index in [0.29, 0.717) is 11.3 Å². The third kappa shape index (κ3) is 6.26. The Morgan fingerprint density at radius 2 is 1.72 bits per heavy atom. The van der Waals surface area contributed by atoms with Crippen molar-refractivity contribution in [1.29, 1.82) is 0 Å². The third-order valence-electron chi connectivity index (χ3n) is 5.86. The maximum absolute atomic E-state index is 13.6. The molecule has 3 rings (SSSR count). The van der Waals surface area contributed by atoms with E-state index in [1.807, 2.05) is 0 Å². The minimum Gasteiger partial charge on any atom is -0.480 e. The Balaban J connectivity index is 1.95. The van der Waals surface area contributed by atoms with Gasteiger partial charge < -0.3 is 21.1 Å². The number of aliphatic carboxylic acids is 1. The van der Waals surface area contributed by atoms with Gasteiger partial charge in [0.05, 0.1) is 4.90 Å². The minimum absolute atomic E-state index is 0.0293. The maximum atomic E-state index is 13.6. The Labute approximate surface area is 208 Å². The monoisotopic (exact) mass is 516 g/mol. The highest BCUT2D eigenvalue weighted by atomic mass is 32.2. The minimum atomic E-state index is -4.15. The predicted molar refractivity (Wildman–Crippen MR) is 130 cm³/mol. The Bertz CT molecular complexity index is 1230. The first-order chi connectivity index (χ1) is 17.0. The van der Waals surface area contributed by atoms with E-state index < -0.39 is 39.9 Å². The lowest BCUT2D eigenvalue weighted by molar-refractivity contribution is -0.155. The zero-order valence-electron chi connectivity index (χ0n) is 19.7. The third-order valence-corrected chi connectivity index (χ3v) is 7.78. The van der Waals surface area contributed by atoms with Gasteiger partial charge in [0, 0.05) is 32.1 Å². The summed E-state index contributed by atoms with van der Waals surface area (Å²) in [6.45, 7) is 1.03. The zero-order chi connectivity index (χ0) is 26.5. The highest BCUT2D eigenvalue weighted by Crippen LogP contribution is 2.27. The summed E-state index contributed by atoms with van der Waals surface area (Å²) in [5.41, 5.74) is 6.28. The Morgan fingerprint density at radius 3 is 2.28 bits per heavy atom. The first-order valence-corrected chi connectivity index (χ1v) is 12.7. The molecule has 0 unspecified atom stereocenters. The summed E-state index contributed by atoms with van der Waals surface area (Å²) < 4.78 is 28.2. The fraction of sp³-hybridized carbons (Fsp3) is 0.333. The number of nitrogens with one attached hydrogen (secondary N) is 1. The number of hydrogen-bond donors (Lipinski definition) is 3. The van der Waals surface area contributed by atoms with Gasteiger partial charge in [-0.15, -0.1) is 0 Å². The largest absolute Gasteiger partial charge is 0.480 e. The number of piperazine rings is 1. The molecule has 3 amide bonds. The molecule has 0 saturated carbocycles. The molecule has 1 saturated heterocycles. The number of carboxylic acid groups (broad SMARTS) is 1. The number of primary amides is 1. The summed E-state index contributed by atoms with van der Waals surface area (Å²) in [4.78, 5) is 49.0. The molecular formula is C24H28N4O7S. The van der Waals surface area contributed by atoms with Crippen LogP contribution in [0, 0.1) is 0 Å². The van der Waals surface area contributed by atoms with Crippen LogP contribution in [0.1, 0.15) is 25.3 Å². The van der Waals surface area contributed by atoms with E-state index in [9.17, 15) is 32.7 Å². The van der Waals surface area contributed by atoms with Crippen LogP contribution in [-0.2, 0) is 35.6 Å². The van der Waals surface area contributed by atoms with E-state index in [-0.39, 0.29) is 43.2 Å². The maximum Gasteiger partial charge on any atom is 0.326 e. The second-order valence-electron chi connectivity index (χ2n) is 8.42. The normalized spacial score (nSPS) is 17.4. The predicted octanol–water partition coefficient (Wildman–Crippen LogP) is 0.808. The van der Waals surface area contributed by atoms with Crippen molar-refractivity contribution < 1.29 is 32.7 Å². The number of hydrogen-bond acceptors (Lipinski definition) is 6. The Kier molecular flexibility index (Phi) is 8.43. The van der Waals surface area contributed by atoms with Gasteiger partial charge in [-0.25, -0.2) is 13.2 Å². The van der Waals surface area contributed by atoms with Gasteiger partial charge in [-0.3, -0.25) is 14.4 Å². The SMILES string of the molecule is CC(=O)Nc1ccc(S(=O)(=O)N2CCN([C@@H](CCC(N)=O)C(=O)O)C(=O)[C@@H]2Cc2ccccc2)cc1. The fourth-order valence-electron chi connectivity index (χ4n) is 4.15. The van der Waals surface area contributed by atoms with Gasteiger partial charge in [-0.1, -0.05) is 30.3 Å². The van der Waals surface area contributed by atoms with Crippen molar-refractivity contribution in [3.63, 3.8) is 0 Å². The summed E-state index contributed by atoms with van der Waals surface area (Å²) in [5.74, 6) is -2.97. The topological polar surface area (TPSA) is 167 Å². The molecule has 1 heterocycles. The van der Waals surface area contributed by atoms with E-state index in [1.54, 1.807) is 30.3 Å². The lowest BCUT2D eigenvalue weighted by Gasteiger charge is -2.42.